The predicted octanol–water partition coefficient (Wildman–Crippen LogP) is 7.69. The Morgan fingerprint density at radius 2 is 1.07 bits per heavy atom. The Labute approximate surface area is 273 Å². The SMILES string of the molecule is CC1(C)CC(OC(=N)CC2CCC3OC3C2)CC(C)(C)N1SSN1C(C)(C)CC(OC(=O)CC2CCC3OC3C2)CC1(C)C. The first-order valence-corrected chi connectivity index (χ1v) is 19.3. The highest BCUT2D eigenvalue weighted by atomic mass is 33.1. The number of hydrogen-bond acceptors (Lipinski definition) is 10. The minimum absolute atomic E-state index is 0.0350. The van der Waals surface area contributed by atoms with Crippen LogP contribution in [0.2, 0.25) is 0 Å². The highest BCUT2D eigenvalue weighted by Gasteiger charge is 2.52. The number of nitrogens with one attached hydrogen (secondary N) is 1. The van der Waals surface area contributed by atoms with Crippen molar-refractivity contribution in [2.45, 2.75) is 191 Å². The average Bonchev–Trinajstić information content (AvgIpc) is 3.77. The lowest BCUT2D eigenvalue weighted by Crippen LogP contribution is -2.61. The maximum absolute atomic E-state index is 13.0. The van der Waals surface area contributed by atoms with E-state index in [1.54, 1.807) is 0 Å². The Morgan fingerprint density at radius 3 is 1.50 bits per heavy atom. The second kappa shape index (κ2) is 12.2. The van der Waals surface area contributed by atoms with Gasteiger partial charge in [-0.1, -0.05) is 0 Å². The molecular formula is C34H57N3O5S2. The monoisotopic (exact) mass is 651 g/mol. The van der Waals surface area contributed by atoms with Crippen molar-refractivity contribution >= 4 is 33.8 Å². The molecule has 6 aliphatic rings. The number of esters is 1. The average molecular weight is 652 g/mol. The molecule has 44 heavy (non-hydrogen) atoms. The fourth-order valence-electron chi connectivity index (χ4n) is 9.31. The topological polar surface area (TPSA) is 90.9 Å². The van der Waals surface area contributed by atoms with Gasteiger partial charge in [-0.25, -0.2) is 8.61 Å². The van der Waals surface area contributed by atoms with E-state index >= 15 is 0 Å². The zero-order valence-corrected chi connectivity index (χ0v) is 30.0. The van der Waals surface area contributed by atoms with E-state index in [0.717, 1.165) is 70.6 Å². The normalized spacial score (nSPS) is 37.8. The van der Waals surface area contributed by atoms with Crippen LogP contribution in [0.4, 0.5) is 0 Å². The summed E-state index contributed by atoms with van der Waals surface area (Å²) in [5.74, 6) is 1.35. The Balaban J connectivity index is 1.00. The van der Waals surface area contributed by atoms with Crippen LogP contribution >= 0.6 is 22.0 Å². The van der Waals surface area contributed by atoms with Crippen LogP contribution in [0, 0.1) is 17.2 Å². The maximum Gasteiger partial charge on any atom is 0.306 e. The zero-order valence-electron chi connectivity index (χ0n) is 28.4. The highest BCUT2D eigenvalue weighted by Crippen LogP contribution is 2.53. The Hall–Kier alpha value is -0.520. The number of carbonyl (C=O) groups is 1. The van der Waals surface area contributed by atoms with Crippen LogP contribution in [-0.4, -0.2) is 79.3 Å². The molecule has 2 aliphatic carbocycles. The van der Waals surface area contributed by atoms with Crippen LogP contribution in [0.15, 0.2) is 0 Å². The predicted molar refractivity (Wildman–Crippen MR) is 177 cm³/mol. The van der Waals surface area contributed by atoms with Gasteiger partial charge in [0.2, 0.25) is 0 Å². The van der Waals surface area contributed by atoms with E-state index in [9.17, 15) is 4.79 Å². The number of piperidine rings is 2. The number of nitrogens with zero attached hydrogens (tertiary/aromatic N) is 2. The summed E-state index contributed by atoms with van der Waals surface area (Å²) in [6, 6.07) is 0. The third kappa shape index (κ3) is 7.61. The van der Waals surface area contributed by atoms with Gasteiger partial charge in [-0.2, -0.15) is 0 Å². The van der Waals surface area contributed by atoms with E-state index in [4.69, 9.17) is 24.4 Å². The molecule has 8 nitrogen and oxygen atoms in total. The van der Waals surface area contributed by atoms with Crippen molar-refractivity contribution in [2.75, 3.05) is 0 Å². The number of rotatable bonds is 9. The van der Waals surface area contributed by atoms with E-state index in [-0.39, 0.29) is 40.3 Å². The summed E-state index contributed by atoms with van der Waals surface area (Å²) >= 11 is 0. The van der Waals surface area contributed by atoms with Gasteiger partial charge in [-0.05, 0) is 106 Å². The molecule has 0 amide bonds. The molecule has 0 aromatic rings. The minimum atomic E-state index is -0.139. The van der Waals surface area contributed by atoms with Gasteiger partial charge in [0.25, 0.3) is 0 Å². The Bertz CT molecular complexity index is 979. The van der Waals surface area contributed by atoms with Gasteiger partial charge in [0.05, 0.1) is 24.4 Å². The summed E-state index contributed by atoms with van der Waals surface area (Å²) in [4.78, 5) is 13.0. The minimum Gasteiger partial charge on any atom is -0.478 e. The molecule has 0 bridgehead atoms. The first-order chi connectivity index (χ1) is 20.5. The zero-order chi connectivity index (χ0) is 31.7. The van der Waals surface area contributed by atoms with E-state index in [0.29, 0.717) is 48.6 Å². The summed E-state index contributed by atoms with van der Waals surface area (Å²) in [6.07, 6.45) is 13.1. The number of carbonyl (C=O) groups excluding carboxylic acids is 1. The van der Waals surface area contributed by atoms with E-state index in [1.807, 2.05) is 22.0 Å². The van der Waals surface area contributed by atoms with Crippen molar-refractivity contribution in [3.8, 4) is 0 Å². The second-order valence-electron chi connectivity index (χ2n) is 17.3. The largest absolute Gasteiger partial charge is 0.478 e. The van der Waals surface area contributed by atoms with Crippen molar-refractivity contribution in [2.24, 2.45) is 11.8 Å². The van der Waals surface area contributed by atoms with Crippen molar-refractivity contribution in [1.29, 1.82) is 5.41 Å². The molecule has 6 rings (SSSR count). The maximum atomic E-state index is 13.0. The summed E-state index contributed by atoms with van der Waals surface area (Å²) < 4.78 is 29.0. The van der Waals surface area contributed by atoms with Crippen LogP contribution in [0.25, 0.3) is 0 Å². The van der Waals surface area contributed by atoms with Crippen LogP contribution in [0.3, 0.4) is 0 Å². The van der Waals surface area contributed by atoms with E-state index in [1.165, 1.54) is 0 Å². The summed E-state index contributed by atoms with van der Waals surface area (Å²) in [5, 5.41) is 8.66. The highest BCUT2D eigenvalue weighted by molar-refractivity contribution is 8.74. The van der Waals surface area contributed by atoms with E-state index < -0.39 is 0 Å². The molecule has 6 atom stereocenters. The second-order valence-corrected chi connectivity index (χ2v) is 19.2. The van der Waals surface area contributed by atoms with Gasteiger partial charge in [0, 0.05) is 82.6 Å². The van der Waals surface area contributed by atoms with Crippen LogP contribution < -0.4 is 0 Å². The van der Waals surface area contributed by atoms with Gasteiger partial charge >= 0.3 is 5.97 Å². The standard InChI is InChI=1S/C34H57N3O5S2/c1-31(2)17-23(39-29(35)15-21-9-11-25-27(13-21)41-25)18-32(3,4)36(31)43-44-37-33(5,6)19-24(20-34(37,7)8)40-30(38)16-22-10-12-26-28(14-22)42-26/h21-28,35H,9-20H2,1-8H3. The number of epoxide rings is 2. The van der Waals surface area contributed by atoms with Crippen LogP contribution in [0.5, 0.6) is 0 Å². The summed E-state index contributed by atoms with van der Waals surface area (Å²) in [5.41, 5.74) is -0.479. The molecule has 6 unspecified atom stereocenters. The molecule has 1 N–H and O–H groups in total. The molecule has 2 saturated carbocycles. The lowest BCUT2D eigenvalue weighted by atomic mass is 9.80. The van der Waals surface area contributed by atoms with Gasteiger partial charge in [-0.15, -0.1) is 0 Å². The Kier molecular flexibility index (Phi) is 9.24. The van der Waals surface area contributed by atoms with Crippen LogP contribution in [-0.2, 0) is 23.7 Å². The first kappa shape index (κ1) is 33.4. The molecule has 0 aromatic carbocycles. The van der Waals surface area contributed by atoms with Crippen LogP contribution in [0.1, 0.15) is 132 Å². The lowest BCUT2D eigenvalue weighted by molar-refractivity contribution is -0.157. The molecule has 10 heteroatoms. The summed E-state index contributed by atoms with van der Waals surface area (Å²) in [6.45, 7) is 18.4. The van der Waals surface area contributed by atoms with Crippen molar-refractivity contribution in [3.63, 3.8) is 0 Å². The molecule has 6 fully saturated rings. The lowest BCUT2D eigenvalue weighted by Gasteiger charge is -2.56. The van der Waals surface area contributed by atoms with Crippen molar-refractivity contribution in [1.82, 2.24) is 8.61 Å². The molecule has 0 aromatic heterocycles. The number of fused-ring (bicyclic) bond motifs is 2. The first-order valence-electron chi connectivity index (χ1n) is 17.2. The molecule has 0 spiro atoms. The van der Waals surface area contributed by atoms with Crippen molar-refractivity contribution < 1.29 is 23.7 Å². The quantitative estimate of drug-likeness (QED) is 0.0673. The van der Waals surface area contributed by atoms with Gasteiger partial charge in [-0.3, -0.25) is 10.2 Å². The molecule has 0 radical (unpaired) electrons. The van der Waals surface area contributed by atoms with Crippen molar-refractivity contribution in [3.05, 3.63) is 0 Å². The number of ether oxygens (including phenoxy) is 4. The van der Waals surface area contributed by atoms with Gasteiger partial charge in [0.15, 0.2) is 5.90 Å². The smallest absolute Gasteiger partial charge is 0.306 e. The summed E-state index contributed by atoms with van der Waals surface area (Å²) in [7, 11) is 3.70. The molecular weight excluding hydrogens is 595 g/mol. The third-order valence-electron chi connectivity index (χ3n) is 11.1. The van der Waals surface area contributed by atoms with Gasteiger partial charge < -0.3 is 18.9 Å². The van der Waals surface area contributed by atoms with Gasteiger partial charge in [0.1, 0.15) is 12.2 Å². The fourth-order valence-corrected chi connectivity index (χ4v) is 13.4. The van der Waals surface area contributed by atoms with E-state index in [2.05, 4.69) is 64.0 Å². The number of hydrogen-bond donors (Lipinski definition) is 1. The fraction of sp³-hybridized carbons (Fsp3) is 0.941. The molecule has 4 saturated heterocycles. The molecule has 4 aliphatic heterocycles. The third-order valence-corrected chi connectivity index (χ3v) is 14.5. The molecule has 4 heterocycles. The Morgan fingerprint density at radius 1 is 0.659 bits per heavy atom. The molecule has 250 valence electrons.